The molecule has 634 valence electrons. The smallest absolute Gasteiger partial charge is 0.481 e. The van der Waals surface area contributed by atoms with Crippen molar-refractivity contribution in [2.24, 2.45) is 0 Å². The van der Waals surface area contributed by atoms with Crippen LogP contribution >= 0.6 is 0 Å². The molecule has 16 N–H and O–H groups in total. The van der Waals surface area contributed by atoms with Crippen LogP contribution in [0.1, 0.15) is 122 Å². The molecule has 2 aliphatic heterocycles. The summed E-state index contributed by atoms with van der Waals surface area (Å²) in [6, 6.07) is -4.98. The van der Waals surface area contributed by atoms with Gasteiger partial charge in [0.25, 0.3) is 0 Å². The zero-order valence-corrected chi connectivity index (χ0v) is 71.5. The van der Waals surface area contributed by atoms with Crippen LogP contribution in [0.3, 0.4) is 0 Å². The molecule has 2 aliphatic rings. The van der Waals surface area contributed by atoms with E-state index < -0.39 is 103 Å². The van der Waals surface area contributed by atoms with Gasteiger partial charge in [-0.1, -0.05) is 32.1 Å². The third-order valence-corrected chi connectivity index (χ3v) is 17.3. The number of carbonyl (C=O) groups excluding carboxylic acids is 8. The topological polar surface area (TPSA) is 582 Å². The number of nitrogens with zero attached hydrogens (tertiary/aromatic N) is 8. The fraction of sp³-hybridized carbons (Fsp3) is 0.758. The molecule has 41 nitrogen and oxygen atoms in total. The molecule has 3 atom stereocenters. The predicted molar refractivity (Wildman–Crippen MR) is 376 cm³/mol. The molecule has 111 heavy (non-hydrogen) atoms. The van der Waals surface area contributed by atoms with Crippen LogP contribution < -0.4 is 37.2 Å². The van der Waals surface area contributed by atoms with Crippen LogP contribution in [-0.4, -0.2) is 382 Å². The number of aliphatic carboxylic acids is 9. The number of carboxylic acid groups (broad SMARTS) is 9. The first-order chi connectivity index (χ1) is 50.9. The van der Waals surface area contributed by atoms with Crippen LogP contribution in [-0.2, 0) is 76.7 Å². The van der Waals surface area contributed by atoms with E-state index in [4.69, 9.17) is 14.7 Å². The first-order valence-electron chi connectivity index (χ1n) is 36.1. The minimum Gasteiger partial charge on any atom is -0.481 e. The molecule has 0 aromatic heterocycles. The molecule has 2 fully saturated rings. The van der Waals surface area contributed by atoms with Crippen LogP contribution in [0.2, 0.25) is 0 Å². The average molecular weight is 2160 g/mol. The third kappa shape index (κ3) is 64.0. The maximum atomic E-state index is 14.0. The molecule has 2 heterocycles. The van der Waals surface area contributed by atoms with Crippen molar-refractivity contribution < 1.29 is 287 Å². The minimum atomic E-state index is -1.53. The second-order valence-electron chi connectivity index (χ2n) is 26.1. The number of urea groups is 1. The zero-order valence-electron chi connectivity index (χ0n) is 62.4. The second-order valence-corrected chi connectivity index (χ2v) is 26.1. The van der Waals surface area contributed by atoms with Gasteiger partial charge in [0, 0.05) is 230 Å². The number of unbranched alkanes of at least 4 members (excludes halogenated alkanes) is 9. The summed E-state index contributed by atoms with van der Waals surface area (Å²) in [7, 11) is 0. The molecule has 45 heteroatoms. The van der Waals surface area contributed by atoms with Crippen molar-refractivity contribution in [2.75, 3.05) is 183 Å². The van der Waals surface area contributed by atoms with Gasteiger partial charge in [0.1, 0.15) is 18.1 Å². The van der Waals surface area contributed by atoms with Crippen molar-refractivity contribution in [1.29, 1.82) is 0 Å². The largest absolute Gasteiger partial charge is 3.00 e. The van der Waals surface area contributed by atoms with E-state index in [0.717, 1.165) is 32.1 Å². The van der Waals surface area contributed by atoms with Crippen molar-refractivity contribution in [3.8, 4) is 0 Å². The summed E-state index contributed by atoms with van der Waals surface area (Å²) in [4.78, 5) is 212. The molecular weight excluding hydrogens is 2050 g/mol. The van der Waals surface area contributed by atoms with E-state index in [9.17, 15) is 113 Å². The van der Waals surface area contributed by atoms with E-state index in [1.165, 1.54) is 0 Å². The predicted octanol–water partition coefficient (Wildman–Crippen LogP) is -3.99. The molecule has 0 aromatic carbocycles. The van der Waals surface area contributed by atoms with Crippen LogP contribution in [0.15, 0.2) is 0 Å². The summed E-state index contributed by atoms with van der Waals surface area (Å²) in [6.45, 7) is 1.83. The summed E-state index contributed by atoms with van der Waals surface area (Å²) >= 11 is 0. The fourth-order valence-corrected chi connectivity index (χ4v) is 11.5. The Labute approximate surface area is 773 Å². The molecule has 2 saturated heterocycles. The molecule has 1 unspecified atom stereocenters. The summed E-state index contributed by atoms with van der Waals surface area (Å²) in [5, 5.41) is 104. The molecule has 0 spiro atoms. The van der Waals surface area contributed by atoms with Crippen LogP contribution in [0.4, 0.5) is 4.79 Å². The summed E-state index contributed by atoms with van der Waals surface area (Å²) in [5.41, 5.74) is 0. The Morgan fingerprint density at radius 1 is 0.270 bits per heavy atom. The Balaban J connectivity index is -0.00000803. The Bertz CT molecular complexity index is 2780. The molecule has 0 aromatic rings. The molecule has 7 amide bonds. The first kappa shape index (κ1) is 114. The number of carbonyl (C=O) groups is 15. The molecule has 0 aliphatic carbocycles. The van der Waals surface area contributed by atoms with Crippen molar-refractivity contribution in [2.45, 2.75) is 140 Å². The van der Waals surface area contributed by atoms with Gasteiger partial charge in [-0.2, -0.15) is 9.59 Å². The summed E-state index contributed by atoms with van der Waals surface area (Å²) in [6.07, 6.45) is 7.81. The van der Waals surface area contributed by atoms with Gasteiger partial charge in [-0.25, -0.2) is 14.4 Å². The van der Waals surface area contributed by atoms with Crippen molar-refractivity contribution in [3.05, 3.63) is 0 Å². The van der Waals surface area contributed by atoms with Gasteiger partial charge in [-0.15, -0.1) is 0 Å². The van der Waals surface area contributed by atoms with E-state index in [2.05, 4.69) is 37.2 Å². The quantitative estimate of drug-likeness (QED) is 0.0258. The van der Waals surface area contributed by atoms with Crippen molar-refractivity contribution in [1.82, 2.24) is 76.4 Å². The number of hydrogen-bond donors (Lipinski definition) is 16. The van der Waals surface area contributed by atoms with E-state index in [1.807, 2.05) is 0 Å². The molecule has 2 radical (unpaired) electrons. The van der Waals surface area contributed by atoms with Crippen LogP contribution in [0.5, 0.6) is 0 Å². The summed E-state index contributed by atoms with van der Waals surface area (Å²) < 4.78 is 0. The summed E-state index contributed by atoms with van der Waals surface area (Å²) in [5.74, 6) is -12.3. The Hall–Kier alpha value is -3.79. The minimum absolute atomic E-state index is 0. The standard InChI is InChI=1S/C65H113N15O24.CO2.4Gd/c81-51(16-6-2-3-7-17-52(82)67-21-13-9-15-49(63(100)101)71-65(104)72-50(64(102)103)18-19-55(85)86)66-20-10-4-1-5-11-23-69-62(99)48(70-54(84)41-74-26-30-77(44-58(91)92)34-38-80(47-61(97)98)39-35-78(31-27-74)45-59(93)94)14-8-12-22-68-53(83)40-73-24-28-75(42-56(87)88)32-36-79(46-60(95)96)37-33-76(29-25-73)43-57(89)90;2-1-3;;;;/h48-50H,1-47H2,(H,66,81)(H,67,82)(H,68,83)(H,69,99)(H,70,84)(H,85,86)(H,87,88)(H,89,90)(H,91,92)(H,93,94)(H,95,96)(H,97,98)(H,100,101)(H,102,103)(H2,71,72,104);;;;;/q;;;;2*+3/t48?,49-,50-;;;;;/m0...../s1. The second kappa shape index (κ2) is 70.4. The normalized spacial score (nSPS) is 15.6. The maximum Gasteiger partial charge on any atom is 3.00 e. The number of carboxylic acids is 9. The SMILES string of the molecule is O=C(O)CC[C@H](NC(=O)N[C@@H](CCCCNC(=O)CCCCCCC(=O)NCCCCCCCNC(=O)C(CCCCNC(=O)CN1CCN(CC(=O)O)CCN(CC(=O)O)CCN(CC(=O)O)CC1)NC(=O)CN1CCN(CC(=O)O)CCN(CC(=O)O)CCN(CC(=O)O)CC1)C(=O)O)C(=O)O.O=C=O.[Gd+3].[Gd+3].[Gd].[Gd]. The average Bonchev–Trinajstić information content (AvgIpc) is 1.11. The molecular formula is C66H113Gd4N15O26+6. The Morgan fingerprint density at radius 3 is 0.811 bits per heavy atom. The maximum absolute atomic E-state index is 14.0. The molecule has 0 saturated carbocycles. The number of amides is 7. The van der Waals surface area contributed by atoms with Crippen LogP contribution in [0.25, 0.3) is 0 Å². The zero-order chi connectivity index (χ0) is 79.9. The van der Waals surface area contributed by atoms with E-state index >= 15 is 0 Å². The van der Waals surface area contributed by atoms with Gasteiger partial charge in [0.15, 0.2) is 0 Å². The number of rotatable bonds is 50. The Morgan fingerprint density at radius 2 is 0.514 bits per heavy atom. The van der Waals surface area contributed by atoms with Gasteiger partial charge >= 0.3 is 146 Å². The van der Waals surface area contributed by atoms with Gasteiger partial charge in [-0.3, -0.25) is 96.7 Å². The third-order valence-electron chi connectivity index (χ3n) is 17.3. The monoisotopic (exact) mass is 2160 g/mol. The fourth-order valence-electron chi connectivity index (χ4n) is 11.5. The molecule has 0 bridgehead atoms. The van der Waals surface area contributed by atoms with Crippen molar-refractivity contribution >= 4 is 95.4 Å². The van der Waals surface area contributed by atoms with E-state index in [1.54, 1.807) is 39.2 Å². The molecule has 2 rings (SSSR count). The van der Waals surface area contributed by atoms with Crippen LogP contribution in [0, 0.1) is 160 Å². The van der Waals surface area contributed by atoms with E-state index in [-0.39, 0.29) is 380 Å². The first-order valence-corrected chi connectivity index (χ1v) is 36.1. The van der Waals surface area contributed by atoms with E-state index in [0.29, 0.717) is 64.3 Å². The van der Waals surface area contributed by atoms with Gasteiger partial charge in [0.05, 0.1) is 52.4 Å². The number of nitrogens with one attached hydrogen (secondary N) is 7. The van der Waals surface area contributed by atoms with Gasteiger partial charge in [0.2, 0.25) is 29.5 Å². The van der Waals surface area contributed by atoms with Crippen molar-refractivity contribution in [3.63, 3.8) is 0 Å². The van der Waals surface area contributed by atoms with Gasteiger partial charge in [-0.05, 0) is 70.6 Å². The van der Waals surface area contributed by atoms with Gasteiger partial charge < -0.3 is 83.2 Å². The Kier molecular flexibility index (Phi) is 72.0. The number of hydrogen-bond acceptors (Lipinski definition) is 25.